The number of hydrogen-bond acceptors (Lipinski definition) is 1. The van der Waals surface area contributed by atoms with E-state index < -0.39 is 5.97 Å². The van der Waals surface area contributed by atoms with Gasteiger partial charge in [-0.2, -0.15) is 0 Å². The summed E-state index contributed by atoms with van der Waals surface area (Å²) >= 11 is 0. The van der Waals surface area contributed by atoms with Crippen molar-refractivity contribution in [2.75, 3.05) is 0 Å². The maximum absolute atomic E-state index is 10.5. The number of carbonyl (C=O) groups is 1. The van der Waals surface area contributed by atoms with Crippen molar-refractivity contribution in [3.8, 4) is 0 Å². The molecule has 1 saturated carbocycles. The summed E-state index contributed by atoms with van der Waals surface area (Å²) in [5, 5.41) is 8.62. The lowest BCUT2D eigenvalue weighted by Crippen LogP contribution is -2.01. The molecule has 0 amide bonds. The minimum Gasteiger partial charge on any atom is -0.481 e. The average molecular weight is 138 g/mol. The van der Waals surface area contributed by atoms with Crippen molar-refractivity contribution < 1.29 is 9.90 Å². The van der Waals surface area contributed by atoms with E-state index in [2.05, 4.69) is 13.0 Å². The van der Waals surface area contributed by atoms with Crippen molar-refractivity contribution in [1.82, 2.24) is 0 Å². The Bertz CT molecular complexity index is 217. The first kappa shape index (κ1) is 5.96. The van der Waals surface area contributed by atoms with E-state index in [9.17, 15) is 4.79 Å². The molecule has 0 aromatic heterocycles. The number of aliphatic carboxylic acids is 1. The fraction of sp³-hybridized carbons (Fsp3) is 0.625. The van der Waals surface area contributed by atoms with Crippen molar-refractivity contribution >= 4 is 5.97 Å². The van der Waals surface area contributed by atoms with Gasteiger partial charge in [0, 0.05) is 0 Å². The molecule has 10 heavy (non-hydrogen) atoms. The smallest absolute Gasteiger partial charge is 0.307 e. The predicted octanol–water partition coefficient (Wildman–Crippen LogP) is 1.28. The van der Waals surface area contributed by atoms with Crippen LogP contribution in [-0.2, 0) is 4.79 Å². The van der Waals surface area contributed by atoms with Crippen LogP contribution in [0.1, 0.15) is 13.3 Å². The Kier molecular flexibility index (Phi) is 0.967. The molecule has 1 fully saturated rings. The van der Waals surface area contributed by atoms with Crippen molar-refractivity contribution in [3.05, 3.63) is 11.6 Å². The normalized spacial score (nSPS) is 42.5. The Balaban J connectivity index is 2.09. The number of carboxylic acids is 1. The summed E-state index contributed by atoms with van der Waals surface area (Å²) in [7, 11) is 0. The lowest BCUT2D eigenvalue weighted by Gasteiger charge is -1.94. The molecule has 0 aromatic carbocycles. The highest BCUT2D eigenvalue weighted by Gasteiger charge is 2.55. The van der Waals surface area contributed by atoms with Gasteiger partial charge in [0.1, 0.15) is 0 Å². The summed E-state index contributed by atoms with van der Waals surface area (Å²) in [6.07, 6.45) is 3.13. The van der Waals surface area contributed by atoms with Gasteiger partial charge >= 0.3 is 5.97 Å². The topological polar surface area (TPSA) is 37.3 Å². The Labute approximate surface area is 59.5 Å². The van der Waals surface area contributed by atoms with Gasteiger partial charge in [-0.15, -0.1) is 0 Å². The van der Waals surface area contributed by atoms with E-state index in [1.165, 1.54) is 5.57 Å². The van der Waals surface area contributed by atoms with Crippen molar-refractivity contribution in [1.29, 1.82) is 0 Å². The zero-order valence-corrected chi connectivity index (χ0v) is 5.87. The third kappa shape index (κ3) is 0.618. The molecule has 2 rings (SSSR count). The molecule has 54 valence electrons. The Hall–Kier alpha value is -0.790. The zero-order chi connectivity index (χ0) is 7.30. The molecular formula is C8H10O2. The van der Waals surface area contributed by atoms with Gasteiger partial charge in [-0.05, 0) is 25.2 Å². The molecule has 0 radical (unpaired) electrons. The van der Waals surface area contributed by atoms with E-state index in [-0.39, 0.29) is 5.92 Å². The third-order valence-electron chi connectivity index (χ3n) is 2.55. The fourth-order valence-corrected chi connectivity index (χ4v) is 2.01. The van der Waals surface area contributed by atoms with Crippen molar-refractivity contribution in [2.45, 2.75) is 13.3 Å². The van der Waals surface area contributed by atoms with Crippen LogP contribution in [0.25, 0.3) is 0 Å². The van der Waals surface area contributed by atoms with E-state index in [0.29, 0.717) is 11.8 Å². The second-order valence-electron chi connectivity index (χ2n) is 3.32. The van der Waals surface area contributed by atoms with E-state index in [4.69, 9.17) is 5.11 Å². The molecule has 0 heterocycles. The van der Waals surface area contributed by atoms with Crippen LogP contribution in [0, 0.1) is 17.8 Å². The maximum Gasteiger partial charge on any atom is 0.307 e. The summed E-state index contributed by atoms with van der Waals surface area (Å²) in [5.74, 6) is 0.192. The van der Waals surface area contributed by atoms with Gasteiger partial charge in [0.15, 0.2) is 0 Å². The van der Waals surface area contributed by atoms with E-state index in [1.54, 1.807) is 0 Å². The highest BCUT2D eigenvalue weighted by molar-refractivity contribution is 5.75. The minimum atomic E-state index is -0.612. The first-order valence-electron chi connectivity index (χ1n) is 3.60. The second-order valence-corrected chi connectivity index (χ2v) is 3.32. The third-order valence-corrected chi connectivity index (χ3v) is 2.55. The first-order chi connectivity index (χ1) is 4.70. The molecular weight excluding hydrogens is 128 g/mol. The van der Waals surface area contributed by atoms with Gasteiger partial charge < -0.3 is 5.11 Å². The molecule has 2 heteroatoms. The van der Waals surface area contributed by atoms with E-state index in [0.717, 1.165) is 6.42 Å². The quantitative estimate of drug-likeness (QED) is 0.554. The minimum absolute atomic E-state index is 0.0382. The van der Waals surface area contributed by atoms with Crippen LogP contribution in [-0.4, -0.2) is 11.1 Å². The summed E-state index contributed by atoms with van der Waals surface area (Å²) in [4.78, 5) is 10.5. The zero-order valence-electron chi connectivity index (χ0n) is 5.87. The van der Waals surface area contributed by atoms with Gasteiger partial charge in [0.05, 0.1) is 5.92 Å². The number of carboxylic acid groups (broad SMARTS) is 1. The summed E-state index contributed by atoms with van der Waals surface area (Å²) in [6, 6.07) is 0. The molecule has 0 aromatic rings. The highest BCUT2D eigenvalue weighted by Crippen LogP contribution is 2.55. The van der Waals surface area contributed by atoms with Gasteiger partial charge in [-0.3, -0.25) is 4.79 Å². The average Bonchev–Trinajstić information content (AvgIpc) is 2.32. The highest BCUT2D eigenvalue weighted by atomic mass is 16.4. The Morgan fingerprint density at radius 2 is 2.50 bits per heavy atom. The van der Waals surface area contributed by atoms with Crippen molar-refractivity contribution in [2.24, 2.45) is 17.8 Å². The molecule has 0 saturated heterocycles. The van der Waals surface area contributed by atoms with Crippen LogP contribution < -0.4 is 0 Å². The molecule has 2 nitrogen and oxygen atoms in total. The molecule has 0 spiro atoms. The summed E-state index contributed by atoms with van der Waals surface area (Å²) in [5.41, 5.74) is 1.37. The molecule has 3 atom stereocenters. The van der Waals surface area contributed by atoms with Crippen LogP contribution in [0.5, 0.6) is 0 Å². The molecule has 0 bridgehead atoms. The largest absolute Gasteiger partial charge is 0.481 e. The van der Waals surface area contributed by atoms with Crippen LogP contribution in [0.4, 0.5) is 0 Å². The van der Waals surface area contributed by atoms with Gasteiger partial charge in [-0.1, -0.05) is 11.6 Å². The number of rotatable bonds is 1. The Morgan fingerprint density at radius 3 is 2.90 bits per heavy atom. The molecule has 3 unspecified atom stereocenters. The van der Waals surface area contributed by atoms with E-state index >= 15 is 0 Å². The van der Waals surface area contributed by atoms with Crippen LogP contribution in [0.2, 0.25) is 0 Å². The predicted molar refractivity (Wildman–Crippen MR) is 36.5 cm³/mol. The van der Waals surface area contributed by atoms with Crippen LogP contribution in [0.15, 0.2) is 11.6 Å². The molecule has 2 aliphatic carbocycles. The summed E-state index contributed by atoms with van der Waals surface area (Å²) < 4.78 is 0. The van der Waals surface area contributed by atoms with Gasteiger partial charge in [-0.25, -0.2) is 0 Å². The van der Waals surface area contributed by atoms with Crippen LogP contribution in [0.3, 0.4) is 0 Å². The lowest BCUT2D eigenvalue weighted by molar-refractivity contribution is -0.139. The lowest BCUT2D eigenvalue weighted by atomic mass is 10.1. The number of hydrogen-bond donors (Lipinski definition) is 1. The number of fused-ring (bicyclic) bond motifs is 1. The first-order valence-corrected chi connectivity index (χ1v) is 3.60. The SMILES string of the molecule is CC1=CC2C(C1)C2C(=O)O. The summed E-state index contributed by atoms with van der Waals surface area (Å²) in [6.45, 7) is 2.07. The van der Waals surface area contributed by atoms with Crippen molar-refractivity contribution in [3.63, 3.8) is 0 Å². The van der Waals surface area contributed by atoms with E-state index in [1.807, 2.05) is 0 Å². The monoisotopic (exact) mass is 138 g/mol. The molecule has 0 aliphatic heterocycles. The standard InChI is InChI=1S/C8H10O2/c1-4-2-5-6(3-4)7(5)8(9)10/h2,5-7H,3H2,1H3,(H,9,10). The molecule has 2 aliphatic rings. The Morgan fingerprint density at radius 1 is 1.80 bits per heavy atom. The van der Waals surface area contributed by atoms with Gasteiger partial charge in [0.2, 0.25) is 0 Å². The number of allylic oxidation sites excluding steroid dienone is 2. The van der Waals surface area contributed by atoms with Crippen LogP contribution >= 0.6 is 0 Å². The fourth-order valence-electron chi connectivity index (χ4n) is 2.01. The molecule has 1 N–H and O–H groups in total. The second kappa shape index (κ2) is 1.62. The van der Waals surface area contributed by atoms with Gasteiger partial charge in [0.25, 0.3) is 0 Å². The maximum atomic E-state index is 10.5.